The van der Waals surface area contributed by atoms with Crippen molar-refractivity contribution >= 4 is 6.09 Å². The highest BCUT2D eigenvalue weighted by atomic mass is 16.6. The van der Waals surface area contributed by atoms with Crippen LogP contribution in [-0.2, 0) is 24.2 Å². The minimum atomic E-state index is -0.448. The van der Waals surface area contributed by atoms with Crippen LogP contribution in [0.2, 0.25) is 0 Å². The van der Waals surface area contributed by atoms with E-state index in [-0.39, 0.29) is 12.1 Å². The molecule has 0 radical (unpaired) electrons. The maximum absolute atomic E-state index is 12.3. The Morgan fingerprint density at radius 2 is 2.04 bits per heavy atom. The predicted molar refractivity (Wildman–Crippen MR) is 95.2 cm³/mol. The molecule has 1 saturated heterocycles. The second kappa shape index (κ2) is 7.72. The number of nitrogens with zero attached hydrogens (tertiary/aromatic N) is 4. The number of aromatic nitrogens is 3. The summed E-state index contributed by atoms with van der Waals surface area (Å²) in [6.45, 7) is 8.90. The molecule has 1 aromatic heterocycles. The fraction of sp³-hybridized carbons (Fsp3) is 0.833. The molecule has 0 bridgehead atoms. The Labute approximate surface area is 150 Å². The van der Waals surface area contributed by atoms with Crippen LogP contribution in [0, 0.1) is 0 Å². The molecule has 1 aromatic rings. The minimum Gasteiger partial charge on any atom is -0.444 e. The maximum Gasteiger partial charge on any atom is 0.410 e. The van der Waals surface area contributed by atoms with Gasteiger partial charge in [-0.25, -0.2) is 4.79 Å². The van der Waals surface area contributed by atoms with Crippen LogP contribution in [0.4, 0.5) is 4.79 Å². The Bertz CT molecular complexity index is 593. The summed E-state index contributed by atoms with van der Waals surface area (Å²) in [5.41, 5.74) is -0.448. The molecule has 7 heteroatoms. The van der Waals surface area contributed by atoms with Crippen LogP contribution in [0.3, 0.4) is 0 Å². The topological polar surface area (TPSA) is 72.3 Å². The van der Waals surface area contributed by atoms with Crippen molar-refractivity contribution in [3.05, 3.63) is 11.6 Å². The molecule has 0 aromatic carbocycles. The van der Waals surface area contributed by atoms with Crippen molar-refractivity contribution in [2.75, 3.05) is 13.1 Å². The van der Waals surface area contributed by atoms with Gasteiger partial charge in [0.2, 0.25) is 0 Å². The third-order valence-electron chi connectivity index (χ3n) is 4.81. The molecule has 2 aliphatic heterocycles. The van der Waals surface area contributed by atoms with Gasteiger partial charge in [-0.3, -0.25) is 0 Å². The maximum atomic E-state index is 12.3. The molecule has 0 spiro atoms. The van der Waals surface area contributed by atoms with E-state index in [9.17, 15) is 4.79 Å². The highest BCUT2D eigenvalue weighted by Crippen LogP contribution is 2.17. The molecule has 140 valence electrons. The summed E-state index contributed by atoms with van der Waals surface area (Å²) >= 11 is 0. The Balaban J connectivity index is 1.53. The number of fused-ring (bicyclic) bond motifs is 1. The summed E-state index contributed by atoms with van der Waals surface area (Å²) in [4.78, 5) is 14.1. The fourth-order valence-electron chi connectivity index (χ4n) is 3.55. The summed E-state index contributed by atoms with van der Waals surface area (Å²) in [5, 5.41) is 12.3. The van der Waals surface area contributed by atoms with Gasteiger partial charge in [0.25, 0.3) is 0 Å². The van der Waals surface area contributed by atoms with Crippen LogP contribution in [0.25, 0.3) is 0 Å². The van der Waals surface area contributed by atoms with E-state index in [4.69, 9.17) is 4.74 Å². The molecule has 1 fully saturated rings. The van der Waals surface area contributed by atoms with Gasteiger partial charge in [-0.2, -0.15) is 0 Å². The van der Waals surface area contributed by atoms with Gasteiger partial charge in [-0.1, -0.05) is 6.42 Å². The van der Waals surface area contributed by atoms with Crippen molar-refractivity contribution in [2.45, 2.75) is 84.0 Å². The van der Waals surface area contributed by atoms with E-state index in [1.54, 1.807) is 0 Å². The molecule has 3 heterocycles. The first kappa shape index (κ1) is 18.2. The Morgan fingerprint density at radius 1 is 1.20 bits per heavy atom. The van der Waals surface area contributed by atoms with Gasteiger partial charge in [-0.15, -0.1) is 10.2 Å². The van der Waals surface area contributed by atoms with Gasteiger partial charge < -0.3 is 19.5 Å². The molecule has 0 saturated carbocycles. The van der Waals surface area contributed by atoms with Crippen molar-refractivity contribution < 1.29 is 9.53 Å². The highest BCUT2D eigenvalue weighted by molar-refractivity contribution is 5.68. The molecule has 0 aliphatic carbocycles. The lowest BCUT2D eigenvalue weighted by molar-refractivity contribution is 0.0187. The van der Waals surface area contributed by atoms with Gasteiger partial charge >= 0.3 is 6.09 Å². The van der Waals surface area contributed by atoms with Gasteiger partial charge in [0, 0.05) is 32.1 Å². The highest BCUT2D eigenvalue weighted by Gasteiger charge is 2.27. The molecule has 1 N–H and O–H groups in total. The first-order chi connectivity index (χ1) is 11.9. The van der Waals surface area contributed by atoms with E-state index in [0.717, 1.165) is 44.0 Å². The third kappa shape index (κ3) is 4.93. The van der Waals surface area contributed by atoms with Gasteiger partial charge in [-0.05, 0) is 46.5 Å². The van der Waals surface area contributed by atoms with E-state index in [0.29, 0.717) is 13.1 Å². The molecule has 7 nitrogen and oxygen atoms in total. The van der Waals surface area contributed by atoms with Crippen molar-refractivity contribution in [3.63, 3.8) is 0 Å². The second-order valence-corrected chi connectivity index (χ2v) is 8.14. The molecule has 1 amide bonds. The van der Waals surface area contributed by atoms with Crippen molar-refractivity contribution in [1.29, 1.82) is 0 Å². The SMILES string of the molecule is CC(C)(C)OC(=O)N1CCCC(NCc2nnc3n2CCCCC3)C1. The number of carbonyl (C=O) groups excluding carboxylic acids is 1. The second-order valence-electron chi connectivity index (χ2n) is 8.14. The van der Waals surface area contributed by atoms with E-state index < -0.39 is 5.60 Å². The Hall–Kier alpha value is -1.63. The van der Waals surface area contributed by atoms with Gasteiger partial charge in [0.05, 0.1) is 6.54 Å². The number of likely N-dealkylation sites (tertiary alicyclic amines) is 1. The Morgan fingerprint density at radius 3 is 2.84 bits per heavy atom. The van der Waals surface area contributed by atoms with Gasteiger partial charge in [0.15, 0.2) is 0 Å². The molecule has 25 heavy (non-hydrogen) atoms. The summed E-state index contributed by atoms with van der Waals surface area (Å²) in [7, 11) is 0. The number of rotatable bonds is 3. The zero-order valence-corrected chi connectivity index (χ0v) is 15.8. The van der Waals surface area contributed by atoms with Crippen LogP contribution < -0.4 is 5.32 Å². The lowest BCUT2D eigenvalue weighted by atomic mass is 10.1. The average Bonchev–Trinajstić information content (AvgIpc) is 2.78. The third-order valence-corrected chi connectivity index (χ3v) is 4.81. The number of piperidine rings is 1. The average molecular weight is 349 g/mol. The van der Waals surface area contributed by atoms with Crippen molar-refractivity contribution in [2.24, 2.45) is 0 Å². The Kier molecular flexibility index (Phi) is 5.61. The van der Waals surface area contributed by atoms with Crippen LogP contribution in [-0.4, -0.2) is 50.5 Å². The standard InChI is InChI=1S/C18H31N5O2/c1-18(2,3)25-17(24)22-10-7-8-14(13-22)19-12-16-21-20-15-9-5-4-6-11-23(15)16/h14,19H,4-13H2,1-3H3. The lowest BCUT2D eigenvalue weighted by Crippen LogP contribution is -2.49. The molecule has 3 rings (SSSR count). The van der Waals surface area contributed by atoms with Gasteiger partial charge in [0.1, 0.15) is 17.2 Å². The fourth-order valence-corrected chi connectivity index (χ4v) is 3.55. The number of carbonyl (C=O) groups is 1. The van der Waals surface area contributed by atoms with Crippen molar-refractivity contribution in [3.8, 4) is 0 Å². The van der Waals surface area contributed by atoms with Crippen LogP contribution in [0.1, 0.15) is 64.5 Å². The quantitative estimate of drug-likeness (QED) is 0.908. The summed E-state index contributed by atoms with van der Waals surface area (Å²) in [6.07, 6.45) is 6.56. The number of aryl methyl sites for hydroxylation is 1. The normalized spacial score (nSPS) is 21.6. The van der Waals surface area contributed by atoms with Crippen LogP contribution >= 0.6 is 0 Å². The zero-order valence-electron chi connectivity index (χ0n) is 15.8. The number of amides is 1. The van der Waals surface area contributed by atoms with E-state index in [1.165, 1.54) is 19.3 Å². The summed E-state index contributed by atoms with van der Waals surface area (Å²) < 4.78 is 7.77. The summed E-state index contributed by atoms with van der Waals surface area (Å²) in [5.74, 6) is 2.14. The van der Waals surface area contributed by atoms with E-state index in [2.05, 4.69) is 20.1 Å². The number of hydrogen-bond acceptors (Lipinski definition) is 5. The smallest absolute Gasteiger partial charge is 0.410 e. The number of hydrogen-bond donors (Lipinski definition) is 1. The minimum absolute atomic E-state index is 0.213. The first-order valence-corrected chi connectivity index (χ1v) is 9.54. The first-order valence-electron chi connectivity index (χ1n) is 9.54. The summed E-state index contributed by atoms with van der Waals surface area (Å²) in [6, 6.07) is 0.278. The predicted octanol–water partition coefficient (Wildman–Crippen LogP) is 2.49. The molecular weight excluding hydrogens is 318 g/mol. The number of nitrogens with one attached hydrogen (secondary N) is 1. The largest absolute Gasteiger partial charge is 0.444 e. The van der Waals surface area contributed by atoms with Crippen molar-refractivity contribution in [1.82, 2.24) is 25.0 Å². The molecule has 1 unspecified atom stereocenters. The zero-order chi connectivity index (χ0) is 17.9. The van der Waals surface area contributed by atoms with Crippen LogP contribution in [0.15, 0.2) is 0 Å². The monoisotopic (exact) mass is 349 g/mol. The molecule has 2 aliphatic rings. The van der Waals surface area contributed by atoms with E-state index in [1.807, 2.05) is 25.7 Å². The van der Waals surface area contributed by atoms with Crippen LogP contribution in [0.5, 0.6) is 0 Å². The van der Waals surface area contributed by atoms with E-state index >= 15 is 0 Å². The lowest BCUT2D eigenvalue weighted by Gasteiger charge is -2.34. The molecule has 1 atom stereocenters. The molecular formula is C18H31N5O2. The number of ether oxygens (including phenoxy) is 1.